The summed E-state index contributed by atoms with van der Waals surface area (Å²) in [5, 5.41) is 0. The fraction of sp³-hybridized carbons (Fsp3) is 0.967. The second-order valence-corrected chi connectivity index (χ2v) is 13.6. The van der Waals surface area contributed by atoms with Gasteiger partial charge in [-0.15, -0.1) is 0 Å². The summed E-state index contributed by atoms with van der Waals surface area (Å²) in [5.74, 6) is 6.56. The van der Waals surface area contributed by atoms with E-state index in [1.807, 2.05) is 0 Å². The molecule has 1 heterocycles. The molecule has 4 aliphatic rings. The summed E-state index contributed by atoms with van der Waals surface area (Å²) in [5.41, 5.74) is 0.907. The first-order valence-corrected chi connectivity index (χ1v) is 14.4. The minimum absolute atomic E-state index is 0.347. The lowest BCUT2D eigenvalue weighted by Crippen LogP contribution is -2.63. The van der Waals surface area contributed by atoms with E-state index in [1.165, 1.54) is 64.2 Å². The number of amides is 1. The molecule has 32 heavy (non-hydrogen) atoms. The minimum atomic E-state index is 0.347. The number of likely N-dealkylation sites (tertiary alicyclic amines) is 1. The number of carbonyl (C=O) groups excluding carboxylic acids is 1. The van der Waals surface area contributed by atoms with Gasteiger partial charge in [-0.2, -0.15) is 0 Å². The molecule has 0 aromatic rings. The van der Waals surface area contributed by atoms with Gasteiger partial charge in [0.05, 0.1) is 0 Å². The zero-order chi connectivity index (χ0) is 23.3. The van der Waals surface area contributed by atoms with Crippen LogP contribution in [0.15, 0.2) is 0 Å². The largest absolute Gasteiger partial charge is 0.342 e. The molecule has 0 spiro atoms. The molecular formula is C30H53NO. The van der Waals surface area contributed by atoms with Gasteiger partial charge in [0.1, 0.15) is 0 Å². The molecule has 0 aromatic carbocycles. The van der Waals surface area contributed by atoms with Crippen LogP contribution in [0.3, 0.4) is 0 Å². The lowest BCUT2D eigenvalue weighted by Gasteiger charge is -2.64. The summed E-state index contributed by atoms with van der Waals surface area (Å²) in [6, 6.07) is 0.484. The molecule has 0 unspecified atom stereocenters. The van der Waals surface area contributed by atoms with Crippen molar-refractivity contribution in [3.63, 3.8) is 0 Å². The van der Waals surface area contributed by atoms with Gasteiger partial charge in [0.25, 0.3) is 0 Å². The van der Waals surface area contributed by atoms with Crippen LogP contribution >= 0.6 is 0 Å². The van der Waals surface area contributed by atoms with Gasteiger partial charge in [-0.3, -0.25) is 4.79 Å². The number of rotatable bonds is 7. The highest BCUT2D eigenvalue weighted by Crippen LogP contribution is 2.68. The summed E-state index contributed by atoms with van der Waals surface area (Å²) < 4.78 is 0. The van der Waals surface area contributed by atoms with Crippen LogP contribution in [0, 0.1) is 52.3 Å². The molecule has 3 aliphatic carbocycles. The van der Waals surface area contributed by atoms with E-state index in [0.717, 1.165) is 54.3 Å². The van der Waals surface area contributed by atoms with Crippen molar-refractivity contribution in [2.45, 2.75) is 125 Å². The zero-order valence-electron chi connectivity index (χ0n) is 22.5. The highest BCUT2D eigenvalue weighted by Gasteiger charge is 2.63. The Balaban J connectivity index is 1.57. The second kappa shape index (κ2) is 9.26. The molecule has 0 radical (unpaired) electrons. The van der Waals surface area contributed by atoms with Gasteiger partial charge in [-0.25, -0.2) is 0 Å². The highest BCUT2D eigenvalue weighted by molar-refractivity contribution is 5.77. The standard InChI is InChI=1S/C30H53NO/c1-8-10-22-19-26-30(6,18-16-27(32)31(26)7)25-15-17-29(5)23(13-14-24(29)28(22)25)21(4)12-9-11-20(2)3/h20-26,28H,8-19H2,1-7H3/t21-,22+,23-,24+,25+,26-,28+,29-,30-/m1/s1. The normalized spacial score (nSPS) is 44.9. The summed E-state index contributed by atoms with van der Waals surface area (Å²) >= 11 is 0. The molecule has 4 rings (SSSR count). The van der Waals surface area contributed by atoms with Crippen LogP contribution in [-0.2, 0) is 4.79 Å². The Bertz CT molecular complexity index is 672. The van der Waals surface area contributed by atoms with E-state index in [4.69, 9.17) is 0 Å². The maximum absolute atomic E-state index is 12.6. The maximum Gasteiger partial charge on any atom is 0.222 e. The van der Waals surface area contributed by atoms with E-state index in [-0.39, 0.29) is 0 Å². The molecule has 1 aliphatic heterocycles. The summed E-state index contributed by atoms with van der Waals surface area (Å²) in [6.07, 6.45) is 15.9. The molecule has 3 saturated carbocycles. The molecule has 184 valence electrons. The number of carbonyl (C=O) groups is 1. The van der Waals surface area contributed by atoms with Gasteiger partial charge in [-0.1, -0.05) is 73.6 Å². The first kappa shape index (κ1) is 24.6. The Morgan fingerprint density at radius 2 is 1.72 bits per heavy atom. The predicted molar refractivity (Wildman–Crippen MR) is 135 cm³/mol. The molecule has 0 bridgehead atoms. The third-order valence-corrected chi connectivity index (χ3v) is 11.6. The van der Waals surface area contributed by atoms with Crippen LogP contribution in [0.1, 0.15) is 119 Å². The Labute approximate surface area is 199 Å². The highest BCUT2D eigenvalue weighted by atomic mass is 16.2. The average Bonchev–Trinajstić information content (AvgIpc) is 3.09. The molecule has 1 saturated heterocycles. The number of fused-ring (bicyclic) bond motifs is 5. The van der Waals surface area contributed by atoms with Crippen LogP contribution < -0.4 is 0 Å². The van der Waals surface area contributed by atoms with Crippen molar-refractivity contribution in [1.29, 1.82) is 0 Å². The van der Waals surface area contributed by atoms with Crippen molar-refractivity contribution in [3.05, 3.63) is 0 Å². The van der Waals surface area contributed by atoms with Crippen LogP contribution in [-0.4, -0.2) is 23.9 Å². The van der Waals surface area contributed by atoms with Gasteiger partial charge in [0.15, 0.2) is 0 Å². The predicted octanol–water partition coefficient (Wildman–Crippen LogP) is 7.95. The van der Waals surface area contributed by atoms with Gasteiger partial charge < -0.3 is 4.90 Å². The molecule has 1 amide bonds. The third-order valence-electron chi connectivity index (χ3n) is 11.6. The van der Waals surface area contributed by atoms with E-state index in [0.29, 0.717) is 22.8 Å². The van der Waals surface area contributed by atoms with E-state index < -0.39 is 0 Å². The van der Waals surface area contributed by atoms with Crippen molar-refractivity contribution < 1.29 is 4.79 Å². The Kier molecular flexibility index (Phi) is 7.11. The molecule has 0 aromatic heterocycles. The van der Waals surface area contributed by atoms with Crippen molar-refractivity contribution in [1.82, 2.24) is 4.90 Å². The topological polar surface area (TPSA) is 20.3 Å². The van der Waals surface area contributed by atoms with Crippen molar-refractivity contribution in [3.8, 4) is 0 Å². The Morgan fingerprint density at radius 1 is 1.00 bits per heavy atom. The van der Waals surface area contributed by atoms with Crippen LogP contribution in [0.4, 0.5) is 0 Å². The van der Waals surface area contributed by atoms with Gasteiger partial charge in [-0.05, 0) is 90.8 Å². The van der Waals surface area contributed by atoms with Gasteiger partial charge in [0, 0.05) is 19.5 Å². The summed E-state index contributed by atoms with van der Waals surface area (Å²) in [4.78, 5) is 14.8. The zero-order valence-corrected chi connectivity index (χ0v) is 22.5. The van der Waals surface area contributed by atoms with Crippen LogP contribution in [0.2, 0.25) is 0 Å². The fourth-order valence-corrected chi connectivity index (χ4v) is 9.97. The third kappa shape index (κ3) is 3.98. The Morgan fingerprint density at radius 3 is 2.41 bits per heavy atom. The monoisotopic (exact) mass is 443 g/mol. The van der Waals surface area contributed by atoms with E-state index >= 15 is 0 Å². The molecule has 9 atom stereocenters. The van der Waals surface area contributed by atoms with Crippen molar-refractivity contribution >= 4 is 5.91 Å². The first-order chi connectivity index (χ1) is 15.1. The lowest BCUT2D eigenvalue weighted by molar-refractivity contribution is -0.169. The summed E-state index contributed by atoms with van der Waals surface area (Å²) in [7, 11) is 2.12. The van der Waals surface area contributed by atoms with Crippen LogP contribution in [0.5, 0.6) is 0 Å². The molecular weight excluding hydrogens is 390 g/mol. The Hall–Kier alpha value is -0.530. The number of hydrogen-bond acceptors (Lipinski definition) is 1. The second-order valence-electron chi connectivity index (χ2n) is 13.6. The fourth-order valence-electron chi connectivity index (χ4n) is 9.97. The minimum Gasteiger partial charge on any atom is -0.342 e. The maximum atomic E-state index is 12.6. The number of piperidine rings is 1. The van der Waals surface area contributed by atoms with Crippen LogP contribution in [0.25, 0.3) is 0 Å². The van der Waals surface area contributed by atoms with Gasteiger partial charge >= 0.3 is 0 Å². The number of nitrogens with zero attached hydrogens (tertiary/aromatic N) is 1. The average molecular weight is 444 g/mol. The molecule has 2 nitrogen and oxygen atoms in total. The van der Waals surface area contributed by atoms with Gasteiger partial charge in [0.2, 0.25) is 5.91 Å². The molecule has 4 fully saturated rings. The van der Waals surface area contributed by atoms with Crippen molar-refractivity contribution in [2.75, 3.05) is 7.05 Å². The number of hydrogen-bond donors (Lipinski definition) is 0. The summed E-state index contributed by atoms with van der Waals surface area (Å²) in [6.45, 7) is 15.0. The SMILES string of the molecule is CCC[C@H]1C[C@H]2N(C)C(=O)CC[C@]2(C)[C@H]2CC[C@]3(C)[C@@H]([C@H](C)CCCC(C)C)CC[C@H]3[C@H]12. The molecule has 0 N–H and O–H groups in total. The van der Waals surface area contributed by atoms with Crippen molar-refractivity contribution in [2.24, 2.45) is 52.3 Å². The van der Waals surface area contributed by atoms with E-state index in [2.05, 4.69) is 53.5 Å². The van der Waals surface area contributed by atoms with E-state index in [9.17, 15) is 4.79 Å². The quantitative estimate of drug-likeness (QED) is 0.391. The first-order valence-electron chi connectivity index (χ1n) is 14.4. The lowest BCUT2D eigenvalue weighted by atomic mass is 9.43. The van der Waals surface area contributed by atoms with E-state index in [1.54, 1.807) is 0 Å². The smallest absolute Gasteiger partial charge is 0.222 e. The molecule has 2 heteroatoms.